The zero-order valence-corrected chi connectivity index (χ0v) is 21.6. The van der Waals surface area contributed by atoms with Crippen LogP contribution in [0, 0.1) is 18.6 Å². The van der Waals surface area contributed by atoms with Crippen molar-refractivity contribution in [3.8, 4) is 11.5 Å². The third-order valence-electron chi connectivity index (χ3n) is 5.62. The Balaban J connectivity index is 1.73. The molecule has 1 fully saturated rings. The smallest absolute Gasteiger partial charge is 0.319 e. The zero-order valence-electron chi connectivity index (χ0n) is 20.8. The largest absolute Gasteiger partial charge is 0.451 e. The highest BCUT2D eigenvalue weighted by Crippen LogP contribution is 2.30. The molecule has 0 saturated carbocycles. The van der Waals surface area contributed by atoms with Gasteiger partial charge >= 0.3 is 6.03 Å². The van der Waals surface area contributed by atoms with Crippen molar-refractivity contribution < 1.29 is 37.3 Å². The summed E-state index contributed by atoms with van der Waals surface area (Å²) >= 11 is 0. The number of hydrogen-bond acceptors (Lipinski definition) is 6. The summed E-state index contributed by atoms with van der Waals surface area (Å²) in [4.78, 5) is 27.3. The number of ether oxygens (including phenoxy) is 2. The third kappa shape index (κ3) is 7.68. The minimum Gasteiger partial charge on any atom is -0.451 e. The van der Waals surface area contributed by atoms with Crippen LogP contribution >= 0.6 is 0 Å². The van der Waals surface area contributed by atoms with Gasteiger partial charge in [0.1, 0.15) is 16.7 Å². The van der Waals surface area contributed by atoms with Crippen LogP contribution in [0.15, 0.2) is 41.3 Å². The lowest BCUT2D eigenvalue weighted by Gasteiger charge is -2.34. The molecule has 1 heterocycles. The average molecular weight is 541 g/mol. The standard InChI is InChI=1S/C24H30F2N4O6S/c1-16-4-6-18(7-5-16)36-23-20(25)12-19(13-21(23)26)37(34)30(15-22(31)27-33)9-8-28(3)24(32)29-10-11-35-17(2)14-29/h4-7,12-13,17,33H,8-11,14-15H2,1-3H3,(H,27,31). The normalized spacial score (nSPS) is 16.4. The highest BCUT2D eigenvalue weighted by Gasteiger charge is 2.26. The fourth-order valence-corrected chi connectivity index (χ4v) is 4.80. The summed E-state index contributed by atoms with van der Waals surface area (Å²) < 4.78 is 54.6. The number of benzene rings is 2. The number of amides is 3. The fraction of sp³-hybridized carbons (Fsp3) is 0.417. The average Bonchev–Trinajstić information content (AvgIpc) is 2.88. The summed E-state index contributed by atoms with van der Waals surface area (Å²) in [7, 11) is -0.660. The first kappa shape index (κ1) is 28.4. The van der Waals surface area contributed by atoms with Crippen LogP contribution in [0.3, 0.4) is 0 Å². The summed E-state index contributed by atoms with van der Waals surface area (Å²) in [5, 5.41) is 8.93. The van der Waals surface area contributed by atoms with E-state index < -0.39 is 40.8 Å². The summed E-state index contributed by atoms with van der Waals surface area (Å²) in [6, 6.07) is 8.00. The van der Waals surface area contributed by atoms with E-state index in [0.717, 1.165) is 22.0 Å². The van der Waals surface area contributed by atoms with E-state index in [0.29, 0.717) is 19.7 Å². The molecule has 3 amide bonds. The molecular weight excluding hydrogens is 510 g/mol. The number of nitrogens with zero attached hydrogens (tertiary/aromatic N) is 3. The van der Waals surface area contributed by atoms with E-state index in [1.807, 2.05) is 13.8 Å². The molecule has 0 aromatic heterocycles. The Morgan fingerprint density at radius 2 is 1.86 bits per heavy atom. The van der Waals surface area contributed by atoms with E-state index in [9.17, 15) is 22.6 Å². The van der Waals surface area contributed by atoms with Crippen LogP contribution in [0.25, 0.3) is 0 Å². The maximum Gasteiger partial charge on any atom is 0.319 e. The number of aryl methyl sites for hydroxylation is 1. The van der Waals surface area contributed by atoms with Gasteiger partial charge in [-0.15, -0.1) is 0 Å². The highest BCUT2D eigenvalue weighted by molar-refractivity contribution is 7.82. The topological polar surface area (TPSA) is 112 Å². The Kier molecular flexibility index (Phi) is 9.92. The van der Waals surface area contributed by atoms with Crippen molar-refractivity contribution in [3.63, 3.8) is 0 Å². The molecule has 0 aliphatic carbocycles. The number of hydroxylamine groups is 1. The van der Waals surface area contributed by atoms with E-state index in [2.05, 4.69) is 0 Å². The van der Waals surface area contributed by atoms with Crippen LogP contribution in [0.1, 0.15) is 12.5 Å². The Morgan fingerprint density at radius 3 is 2.46 bits per heavy atom. The first-order valence-corrected chi connectivity index (χ1v) is 12.6. The summed E-state index contributed by atoms with van der Waals surface area (Å²) in [6.07, 6.45) is -0.105. The molecule has 0 bridgehead atoms. The number of carbonyl (C=O) groups excluding carboxylic acids is 2. The van der Waals surface area contributed by atoms with Crippen LogP contribution in [-0.2, 0) is 20.5 Å². The van der Waals surface area contributed by atoms with Crippen molar-refractivity contribution in [3.05, 3.63) is 53.6 Å². The van der Waals surface area contributed by atoms with Gasteiger partial charge in [0.25, 0.3) is 5.91 Å². The van der Waals surface area contributed by atoms with E-state index in [1.54, 1.807) is 36.2 Å². The van der Waals surface area contributed by atoms with Crippen LogP contribution in [-0.4, -0.2) is 87.9 Å². The number of halogens is 2. The Bertz CT molecular complexity index is 1110. The molecule has 0 radical (unpaired) electrons. The molecule has 2 N–H and O–H groups in total. The Labute approximate surface area is 216 Å². The predicted octanol–water partition coefficient (Wildman–Crippen LogP) is 2.67. The molecule has 1 saturated heterocycles. The van der Waals surface area contributed by atoms with Gasteiger partial charge in [-0.1, -0.05) is 17.7 Å². The fourth-order valence-electron chi connectivity index (χ4n) is 3.62. The van der Waals surface area contributed by atoms with Gasteiger partial charge in [0, 0.05) is 33.2 Å². The number of likely N-dealkylation sites (N-methyl/N-ethyl adjacent to an activating group) is 1. The second-order valence-corrected chi connectivity index (χ2v) is 10.1. The van der Waals surface area contributed by atoms with Crippen LogP contribution < -0.4 is 10.2 Å². The van der Waals surface area contributed by atoms with Crippen molar-refractivity contribution in [1.29, 1.82) is 0 Å². The molecule has 2 aromatic carbocycles. The third-order valence-corrected chi connectivity index (χ3v) is 7.04. The number of hydrogen-bond donors (Lipinski definition) is 2. The van der Waals surface area contributed by atoms with Crippen molar-refractivity contribution >= 4 is 22.9 Å². The number of carbonyl (C=O) groups is 2. The molecule has 3 rings (SSSR count). The predicted molar refractivity (Wildman–Crippen MR) is 131 cm³/mol. The van der Waals surface area contributed by atoms with E-state index >= 15 is 0 Å². The van der Waals surface area contributed by atoms with E-state index in [1.165, 1.54) is 10.4 Å². The molecule has 202 valence electrons. The van der Waals surface area contributed by atoms with E-state index in [-0.39, 0.29) is 35.9 Å². The van der Waals surface area contributed by atoms with Crippen molar-refractivity contribution in [1.82, 2.24) is 19.6 Å². The Morgan fingerprint density at radius 1 is 1.22 bits per heavy atom. The first-order chi connectivity index (χ1) is 17.6. The van der Waals surface area contributed by atoms with Gasteiger partial charge in [0.2, 0.25) is 0 Å². The molecule has 1 aliphatic rings. The summed E-state index contributed by atoms with van der Waals surface area (Å²) in [5.74, 6) is -3.48. The maximum absolute atomic E-state index is 14.8. The minimum absolute atomic E-state index is 0.0502. The van der Waals surface area contributed by atoms with Crippen molar-refractivity contribution in [2.45, 2.75) is 24.8 Å². The maximum atomic E-state index is 14.8. The van der Waals surface area contributed by atoms with Crippen LogP contribution in [0.5, 0.6) is 11.5 Å². The zero-order chi connectivity index (χ0) is 27.1. The molecule has 37 heavy (non-hydrogen) atoms. The lowest BCUT2D eigenvalue weighted by molar-refractivity contribution is -0.129. The monoisotopic (exact) mass is 540 g/mol. The van der Waals surface area contributed by atoms with Gasteiger partial charge in [0.05, 0.1) is 24.2 Å². The lowest BCUT2D eigenvalue weighted by atomic mass is 10.2. The lowest BCUT2D eigenvalue weighted by Crippen LogP contribution is -2.51. The second-order valence-electron chi connectivity index (χ2n) is 8.61. The Hall–Kier alpha value is -3.13. The minimum atomic E-state index is -2.21. The van der Waals surface area contributed by atoms with Crippen LogP contribution in [0.4, 0.5) is 13.6 Å². The first-order valence-electron chi connectivity index (χ1n) is 11.5. The number of nitrogens with one attached hydrogen (secondary N) is 1. The number of urea groups is 1. The highest BCUT2D eigenvalue weighted by atomic mass is 32.2. The number of morpholine rings is 1. The van der Waals surface area contributed by atoms with Crippen molar-refractivity contribution in [2.24, 2.45) is 0 Å². The van der Waals surface area contributed by atoms with Gasteiger partial charge < -0.3 is 19.3 Å². The van der Waals surface area contributed by atoms with Crippen molar-refractivity contribution in [2.75, 3.05) is 46.4 Å². The van der Waals surface area contributed by atoms with Gasteiger partial charge in [-0.3, -0.25) is 10.0 Å². The van der Waals surface area contributed by atoms with Gasteiger partial charge in [0.15, 0.2) is 17.4 Å². The quantitative estimate of drug-likeness (QED) is 0.374. The molecule has 10 nitrogen and oxygen atoms in total. The molecule has 13 heteroatoms. The molecular formula is C24H30F2N4O6S. The molecule has 2 aromatic rings. The van der Waals surface area contributed by atoms with Gasteiger partial charge in [-0.05, 0) is 38.1 Å². The van der Waals surface area contributed by atoms with Gasteiger partial charge in [-0.2, -0.15) is 0 Å². The van der Waals surface area contributed by atoms with Crippen LogP contribution in [0.2, 0.25) is 0 Å². The summed E-state index contributed by atoms with van der Waals surface area (Å²) in [5.41, 5.74) is 2.39. The molecule has 2 unspecified atom stereocenters. The molecule has 1 aliphatic heterocycles. The molecule has 2 atom stereocenters. The second kappa shape index (κ2) is 12.9. The molecule has 0 spiro atoms. The number of rotatable bonds is 9. The van der Waals surface area contributed by atoms with E-state index in [4.69, 9.17) is 14.7 Å². The SMILES string of the molecule is Cc1ccc(Oc2c(F)cc(S(=O)N(CCN(C)C(=O)N3CCOC(C)C3)CC(=O)NO)cc2F)cc1. The summed E-state index contributed by atoms with van der Waals surface area (Å²) in [6.45, 7) is 4.37. The van der Waals surface area contributed by atoms with Gasteiger partial charge in [-0.25, -0.2) is 27.6 Å².